The zero-order valence-corrected chi connectivity index (χ0v) is 15.9. The molecule has 0 aromatic heterocycles. The Morgan fingerprint density at radius 2 is 1.56 bits per heavy atom. The second-order valence-corrected chi connectivity index (χ2v) is 7.39. The molecular formula is C23H28O4. The molecule has 4 heteroatoms. The Morgan fingerprint density at radius 1 is 1.00 bits per heavy atom. The quantitative estimate of drug-likeness (QED) is 0.700. The van der Waals surface area contributed by atoms with Crippen molar-refractivity contribution >= 4 is 5.97 Å². The number of esters is 1. The Balaban J connectivity index is 2.04. The lowest BCUT2D eigenvalue weighted by molar-refractivity contribution is -0.154. The highest BCUT2D eigenvalue weighted by Gasteiger charge is 2.46. The van der Waals surface area contributed by atoms with Gasteiger partial charge < -0.3 is 14.9 Å². The number of unbranched alkanes of at least 4 members (excludes halogenated alkanes) is 1. The highest BCUT2D eigenvalue weighted by Crippen LogP contribution is 2.47. The van der Waals surface area contributed by atoms with Crippen LogP contribution in [0.5, 0.6) is 11.5 Å². The van der Waals surface area contributed by atoms with Crippen molar-refractivity contribution in [2.24, 2.45) is 0 Å². The maximum atomic E-state index is 12.4. The zero-order chi connectivity index (χ0) is 19.3. The maximum Gasteiger partial charge on any atom is 0.306 e. The molecule has 1 saturated carbocycles. The van der Waals surface area contributed by atoms with Gasteiger partial charge in [0.15, 0.2) is 0 Å². The summed E-state index contributed by atoms with van der Waals surface area (Å²) >= 11 is 0. The number of ether oxygens (including phenoxy) is 1. The van der Waals surface area contributed by atoms with Gasteiger partial charge in [0.1, 0.15) is 17.6 Å². The molecule has 1 aliphatic carbocycles. The SMILES string of the molecule is CCCCC(=O)OC1CCCCC1(c1ccc(O)cc1)c1ccc(O)cc1. The standard InChI is InChI=1S/C23H28O4/c1-2-3-7-22(26)27-21-6-4-5-16-23(21,17-8-12-19(24)13-9-17)18-10-14-20(25)15-11-18/h8-15,21,24-25H,2-7,16H2,1H3. The second-order valence-electron chi connectivity index (χ2n) is 7.39. The van der Waals surface area contributed by atoms with Gasteiger partial charge in [-0.15, -0.1) is 0 Å². The number of phenols is 2. The highest BCUT2D eigenvalue weighted by atomic mass is 16.5. The molecular weight excluding hydrogens is 340 g/mol. The molecule has 0 aliphatic heterocycles. The molecule has 0 bridgehead atoms. The van der Waals surface area contributed by atoms with E-state index in [-0.39, 0.29) is 23.6 Å². The van der Waals surface area contributed by atoms with E-state index in [1.165, 1.54) is 0 Å². The molecule has 0 heterocycles. The van der Waals surface area contributed by atoms with Gasteiger partial charge >= 0.3 is 5.97 Å². The Bertz CT molecular complexity index is 703. The average Bonchev–Trinajstić information content (AvgIpc) is 2.68. The molecule has 1 aliphatic rings. The monoisotopic (exact) mass is 368 g/mol. The van der Waals surface area contributed by atoms with Gasteiger partial charge in [-0.2, -0.15) is 0 Å². The van der Waals surface area contributed by atoms with Crippen LogP contribution in [0.15, 0.2) is 48.5 Å². The molecule has 0 saturated heterocycles. The lowest BCUT2D eigenvalue weighted by Crippen LogP contribution is -2.45. The molecule has 144 valence electrons. The number of hydrogen-bond donors (Lipinski definition) is 2. The van der Waals surface area contributed by atoms with Crippen molar-refractivity contribution in [3.05, 3.63) is 59.7 Å². The van der Waals surface area contributed by atoms with Crippen LogP contribution in [0.2, 0.25) is 0 Å². The fourth-order valence-electron chi connectivity index (χ4n) is 4.18. The Morgan fingerprint density at radius 3 is 2.07 bits per heavy atom. The van der Waals surface area contributed by atoms with E-state index < -0.39 is 5.41 Å². The molecule has 27 heavy (non-hydrogen) atoms. The molecule has 2 aromatic rings. The third-order valence-corrected chi connectivity index (χ3v) is 5.61. The van der Waals surface area contributed by atoms with Crippen molar-refractivity contribution < 1.29 is 19.7 Å². The summed E-state index contributed by atoms with van der Waals surface area (Å²) in [5, 5.41) is 19.5. The van der Waals surface area contributed by atoms with Crippen LogP contribution in [0.4, 0.5) is 0 Å². The summed E-state index contributed by atoms with van der Waals surface area (Å²) in [6.45, 7) is 2.06. The summed E-state index contributed by atoms with van der Waals surface area (Å²) in [5.74, 6) is 0.282. The number of carbonyl (C=O) groups is 1. The van der Waals surface area contributed by atoms with Crippen molar-refractivity contribution in [2.75, 3.05) is 0 Å². The van der Waals surface area contributed by atoms with E-state index >= 15 is 0 Å². The van der Waals surface area contributed by atoms with E-state index in [2.05, 4.69) is 6.92 Å². The number of benzene rings is 2. The van der Waals surface area contributed by atoms with E-state index in [9.17, 15) is 15.0 Å². The first-order chi connectivity index (χ1) is 13.1. The molecule has 1 atom stereocenters. The summed E-state index contributed by atoms with van der Waals surface area (Å²) in [5.41, 5.74) is 1.58. The predicted molar refractivity (Wildman–Crippen MR) is 105 cm³/mol. The first-order valence-electron chi connectivity index (χ1n) is 9.85. The Kier molecular flexibility index (Phi) is 6.04. The van der Waals surface area contributed by atoms with E-state index in [0.717, 1.165) is 49.7 Å². The fourth-order valence-corrected chi connectivity index (χ4v) is 4.18. The second kappa shape index (κ2) is 8.47. The fraction of sp³-hybridized carbons (Fsp3) is 0.435. The van der Waals surface area contributed by atoms with E-state index in [0.29, 0.717) is 6.42 Å². The Labute approximate surface area is 160 Å². The smallest absolute Gasteiger partial charge is 0.306 e. The van der Waals surface area contributed by atoms with Crippen molar-refractivity contribution in [2.45, 2.75) is 63.4 Å². The van der Waals surface area contributed by atoms with Crippen molar-refractivity contribution in [3.63, 3.8) is 0 Å². The van der Waals surface area contributed by atoms with Crippen molar-refractivity contribution in [3.8, 4) is 11.5 Å². The molecule has 2 N–H and O–H groups in total. The van der Waals surface area contributed by atoms with Gasteiger partial charge in [-0.25, -0.2) is 0 Å². The van der Waals surface area contributed by atoms with Crippen LogP contribution in [-0.2, 0) is 14.9 Å². The van der Waals surface area contributed by atoms with E-state index in [4.69, 9.17) is 4.74 Å². The van der Waals surface area contributed by atoms with Crippen LogP contribution in [0.1, 0.15) is 63.0 Å². The van der Waals surface area contributed by atoms with Gasteiger partial charge in [0.2, 0.25) is 0 Å². The van der Waals surface area contributed by atoms with Crippen LogP contribution in [0.25, 0.3) is 0 Å². The molecule has 4 nitrogen and oxygen atoms in total. The van der Waals surface area contributed by atoms with Gasteiger partial charge in [-0.05, 0) is 61.1 Å². The topological polar surface area (TPSA) is 66.8 Å². The molecule has 1 unspecified atom stereocenters. The molecule has 0 spiro atoms. The van der Waals surface area contributed by atoms with Crippen LogP contribution in [0.3, 0.4) is 0 Å². The summed E-state index contributed by atoms with van der Waals surface area (Å²) in [7, 11) is 0. The number of rotatable bonds is 6. The number of carbonyl (C=O) groups excluding carboxylic acids is 1. The minimum absolute atomic E-state index is 0.148. The van der Waals surface area contributed by atoms with Crippen LogP contribution < -0.4 is 0 Å². The first-order valence-corrected chi connectivity index (χ1v) is 9.85. The van der Waals surface area contributed by atoms with Crippen LogP contribution >= 0.6 is 0 Å². The van der Waals surface area contributed by atoms with Crippen LogP contribution in [0, 0.1) is 0 Å². The number of aromatic hydroxyl groups is 2. The average molecular weight is 368 g/mol. The largest absolute Gasteiger partial charge is 0.508 e. The summed E-state index contributed by atoms with van der Waals surface area (Å²) in [6, 6.07) is 14.4. The van der Waals surface area contributed by atoms with E-state index in [1.807, 2.05) is 24.3 Å². The van der Waals surface area contributed by atoms with Gasteiger partial charge in [0.25, 0.3) is 0 Å². The molecule has 0 amide bonds. The van der Waals surface area contributed by atoms with Gasteiger partial charge in [-0.1, -0.05) is 44.0 Å². The van der Waals surface area contributed by atoms with E-state index in [1.54, 1.807) is 24.3 Å². The summed E-state index contributed by atoms with van der Waals surface area (Å²) in [6.07, 6.45) is 5.68. The first kappa shape index (κ1) is 19.3. The van der Waals surface area contributed by atoms with Gasteiger partial charge in [0.05, 0.1) is 5.41 Å². The molecule has 0 radical (unpaired) electrons. The normalized spacial score (nSPS) is 18.8. The lowest BCUT2D eigenvalue weighted by Gasteiger charge is -2.44. The number of hydrogen-bond acceptors (Lipinski definition) is 4. The van der Waals surface area contributed by atoms with Crippen molar-refractivity contribution in [1.82, 2.24) is 0 Å². The maximum absolute atomic E-state index is 12.4. The van der Waals surface area contributed by atoms with Crippen LogP contribution in [-0.4, -0.2) is 22.3 Å². The predicted octanol–water partition coefficient (Wildman–Crippen LogP) is 5.06. The molecule has 3 rings (SSSR count). The number of phenolic OH excluding ortho intramolecular Hbond substituents is 2. The Hall–Kier alpha value is -2.49. The molecule has 2 aromatic carbocycles. The summed E-state index contributed by atoms with van der Waals surface area (Å²) in [4.78, 5) is 12.4. The molecule has 1 fully saturated rings. The minimum Gasteiger partial charge on any atom is -0.508 e. The van der Waals surface area contributed by atoms with Gasteiger partial charge in [0, 0.05) is 6.42 Å². The highest BCUT2D eigenvalue weighted by molar-refractivity contribution is 5.70. The summed E-state index contributed by atoms with van der Waals surface area (Å²) < 4.78 is 6.01. The lowest BCUT2D eigenvalue weighted by atomic mass is 9.63. The zero-order valence-electron chi connectivity index (χ0n) is 15.9. The van der Waals surface area contributed by atoms with Crippen molar-refractivity contribution in [1.29, 1.82) is 0 Å². The third-order valence-electron chi connectivity index (χ3n) is 5.61. The van der Waals surface area contributed by atoms with Gasteiger partial charge in [-0.3, -0.25) is 4.79 Å². The minimum atomic E-state index is -0.471. The third kappa shape index (κ3) is 4.10.